The molecule has 3 aromatic rings. The smallest absolute Gasteiger partial charge is 0.257 e. The lowest BCUT2D eigenvalue weighted by molar-refractivity contribution is -0.126. The minimum Gasteiger partial charge on any atom is -0.356 e. The van der Waals surface area contributed by atoms with Crippen molar-refractivity contribution >= 4 is 11.8 Å². The number of para-hydroxylation sites is 1. The van der Waals surface area contributed by atoms with Gasteiger partial charge < -0.3 is 10.2 Å². The molecule has 1 N–H and O–H groups in total. The van der Waals surface area contributed by atoms with Crippen molar-refractivity contribution < 1.29 is 9.59 Å². The Morgan fingerprint density at radius 3 is 2.30 bits per heavy atom. The van der Waals surface area contributed by atoms with Gasteiger partial charge in [0.25, 0.3) is 5.91 Å². The summed E-state index contributed by atoms with van der Waals surface area (Å²) < 4.78 is 1.78. The highest BCUT2D eigenvalue weighted by molar-refractivity contribution is 6.00. The molecule has 0 radical (unpaired) electrons. The van der Waals surface area contributed by atoms with Crippen molar-refractivity contribution in [2.75, 3.05) is 19.6 Å². The van der Waals surface area contributed by atoms with E-state index in [4.69, 9.17) is 5.10 Å². The summed E-state index contributed by atoms with van der Waals surface area (Å²) >= 11 is 0. The molecule has 0 bridgehead atoms. The van der Waals surface area contributed by atoms with Crippen LogP contribution in [-0.2, 0) is 4.79 Å². The average Bonchev–Trinajstić information content (AvgIpc) is 3.33. The molecule has 4 rings (SSSR count). The molecule has 6 nitrogen and oxygen atoms in total. The second kappa shape index (κ2) is 10.5. The van der Waals surface area contributed by atoms with Gasteiger partial charge in [0.2, 0.25) is 5.91 Å². The molecule has 1 aliphatic heterocycles. The van der Waals surface area contributed by atoms with Crippen LogP contribution in [-0.4, -0.2) is 46.1 Å². The summed E-state index contributed by atoms with van der Waals surface area (Å²) in [5.41, 5.74) is 3.14. The number of carbonyl (C=O) groups excluding carboxylic acids is 2. The fourth-order valence-electron chi connectivity index (χ4n) is 4.45. The Labute approximate surface area is 195 Å². The first-order valence-corrected chi connectivity index (χ1v) is 11.9. The van der Waals surface area contributed by atoms with E-state index in [1.165, 1.54) is 0 Å². The van der Waals surface area contributed by atoms with Gasteiger partial charge in [-0.15, -0.1) is 0 Å². The summed E-state index contributed by atoms with van der Waals surface area (Å²) in [5.74, 6) is 0.385. The number of aromatic nitrogens is 2. The summed E-state index contributed by atoms with van der Waals surface area (Å²) in [6, 6.07) is 19.7. The molecule has 2 amide bonds. The molecule has 1 aliphatic rings. The summed E-state index contributed by atoms with van der Waals surface area (Å²) in [6.07, 6.45) is 4.44. The van der Waals surface area contributed by atoms with E-state index in [0.29, 0.717) is 36.8 Å². The number of likely N-dealkylation sites (tertiary alicyclic amines) is 1. The fraction of sp³-hybridized carbons (Fsp3) is 0.370. The van der Waals surface area contributed by atoms with Crippen molar-refractivity contribution in [2.24, 2.45) is 11.8 Å². The zero-order chi connectivity index (χ0) is 23.2. The standard InChI is InChI=1S/C27H32N4O2/c1-3-16-28-26(32)20(2)21-14-17-30(18-15-21)27(33)24-19-31(23-12-8-5-9-13-23)29-25(24)22-10-6-4-7-11-22/h4-13,19-21H,3,14-18H2,1-2H3,(H,28,32). The molecule has 1 fully saturated rings. The third-order valence-electron chi connectivity index (χ3n) is 6.51. The van der Waals surface area contributed by atoms with Crippen molar-refractivity contribution in [1.82, 2.24) is 20.0 Å². The van der Waals surface area contributed by atoms with Crippen molar-refractivity contribution in [3.8, 4) is 16.9 Å². The zero-order valence-corrected chi connectivity index (χ0v) is 19.4. The quantitative estimate of drug-likeness (QED) is 0.581. The molecule has 172 valence electrons. The maximum atomic E-state index is 13.6. The Morgan fingerprint density at radius 2 is 1.67 bits per heavy atom. The molecule has 2 aromatic carbocycles. The van der Waals surface area contributed by atoms with Crippen LogP contribution in [0.25, 0.3) is 16.9 Å². The monoisotopic (exact) mass is 444 g/mol. The average molecular weight is 445 g/mol. The van der Waals surface area contributed by atoms with Gasteiger partial charge in [0.1, 0.15) is 5.69 Å². The highest BCUT2D eigenvalue weighted by Crippen LogP contribution is 2.29. The number of amides is 2. The number of piperidine rings is 1. The third kappa shape index (κ3) is 5.16. The Balaban J connectivity index is 1.52. The normalized spacial score (nSPS) is 15.3. The van der Waals surface area contributed by atoms with Gasteiger partial charge in [-0.3, -0.25) is 9.59 Å². The minimum atomic E-state index is -0.0329. The summed E-state index contributed by atoms with van der Waals surface area (Å²) in [7, 11) is 0. The van der Waals surface area contributed by atoms with Gasteiger partial charge in [0.15, 0.2) is 0 Å². The molecule has 0 aliphatic carbocycles. The van der Waals surface area contributed by atoms with E-state index in [2.05, 4.69) is 12.2 Å². The molecule has 0 saturated carbocycles. The molecule has 6 heteroatoms. The van der Waals surface area contributed by atoms with Crippen LogP contribution in [0.4, 0.5) is 0 Å². The SMILES string of the molecule is CCCNC(=O)C(C)C1CCN(C(=O)c2cn(-c3ccccc3)nc2-c2ccccc2)CC1. The zero-order valence-electron chi connectivity index (χ0n) is 19.4. The molecule has 0 spiro atoms. The Morgan fingerprint density at radius 1 is 1.03 bits per heavy atom. The predicted molar refractivity (Wildman–Crippen MR) is 130 cm³/mol. The van der Waals surface area contributed by atoms with Crippen LogP contribution in [0.15, 0.2) is 66.9 Å². The maximum Gasteiger partial charge on any atom is 0.257 e. The molecule has 2 heterocycles. The second-order valence-electron chi connectivity index (χ2n) is 8.75. The van der Waals surface area contributed by atoms with Crippen molar-refractivity contribution in [3.63, 3.8) is 0 Å². The highest BCUT2D eigenvalue weighted by Gasteiger charge is 2.31. The van der Waals surface area contributed by atoms with Crippen molar-refractivity contribution in [3.05, 3.63) is 72.4 Å². The van der Waals surface area contributed by atoms with Crippen LogP contribution in [0, 0.1) is 11.8 Å². The number of benzene rings is 2. The van der Waals surface area contributed by atoms with E-state index in [-0.39, 0.29) is 17.7 Å². The predicted octanol–water partition coefficient (Wildman–Crippen LogP) is 4.55. The van der Waals surface area contributed by atoms with Crippen LogP contribution < -0.4 is 5.32 Å². The van der Waals surface area contributed by atoms with E-state index >= 15 is 0 Å². The molecule has 1 saturated heterocycles. The molecule has 1 atom stereocenters. The Kier molecular flexibility index (Phi) is 7.23. The van der Waals surface area contributed by atoms with Gasteiger partial charge in [0, 0.05) is 37.3 Å². The van der Waals surface area contributed by atoms with Crippen LogP contribution >= 0.6 is 0 Å². The van der Waals surface area contributed by atoms with E-state index in [0.717, 1.165) is 30.5 Å². The number of carbonyl (C=O) groups is 2. The summed E-state index contributed by atoms with van der Waals surface area (Å²) in [6.45, 7) is 6.08. The molecular weight excluding hydrogens is 412 g/mol. The Hall–Kier alpha value is -3.41. The maximum absolute atomic E-state index is 13.6. The van der Waals surface area contributed by atoms with Gasteiger partial charge >= 0.3 is 0 Å². The minimum absolute atomic E-state index is 0.00225. The largest absolute Gasteiger partial charge is 0.356 e. The van der Waals surface area contributed by atoms with Crippen LogP contribution in [0.3, 0.4) is 0 Å². The lowest BCUT2D eigenvalue weighted by Crippen LogP contribution is -2.42. The second-order valence-corrected chi connectivity index (χ2v) is 8.75. The first-order valence-electron chi connectivity index (χ1n) is 11.9. The van der Waals surface area contributed by atoms with Crippen molar-refractivity contribution in [2.45, 2.75) is 33.1 Å². The number of hydrogen-bond acceptors (Lipinski definition) is 3. The first kappa shape index (κ1) is 22.8. The summed E-state index contributed by atoms with van der Waals surface area (Å²) in [5, 5.41) is 7.78. The lowest BCUT2D eigenvalue weighted by atomic mass is 9.84. The number of rotatable bonds is 7. The summed E-state index contributed by atoms with van der Waals surface area (Å²) in [4.78, 5) is 27.9. The lowest BCUT2D eigenvalue weighted by Gasteiger charge is -2.34. The first-order chi connectivity index (χ1) is 16.1. The van der Waals surface area contributed by atoms with E-state index < -0.39 is 0 Å². The number of nitrogens with zero attached hydrogens (tertiary/aromatic N) is 3. The molecule has 33 heavy (non-hydrogen) atoms. The molecule has 1 unspecified atom stereocenters. The van der Waals surface area contributed by atoms with Gasteiger partial charge in [-0.05, 0) is 37.3 Å². The van der Waals surface area contributed by atoms with E-state index in [9.17, 15) is 9.59 Å². The van der Waals surface area contributed by atoms with Crippen LogP contribution in [0.5, 0.6) is 0 Å². The third-order valence-corrected chi connectivity index (χ3v) is 6.51. The van der Waals surface area contributed by atoms with E-state index in [1.54, 1.807) is 4.68 Å². The van der Waals surface area contributed by atoms with Crippen molar-refractivity contribution in [1.29, 1.82) is 0 Å². The topological polar surface area (TPSA) is 67.2 Å². The van der Waals surface area contributed by atoms with Gasteiger partial charge in [-0.1, -0.05) is 62.4 Å². The Bertz CT molecular complexity index is 1070. The van der Waals surface area contributed by atoms with Crippen LogP contribution in [0.1, 0.15) is 43.5 Å². The number of hydrogen-bond donors (Lipinski definition) is 1. The van der Waals surface area contributed by atoms with Gasteiger partial charge in [-0.25, -0.2) is 4.68 Å². The fourth-order valence-corrected chi connectivity index (χ4v) is 4.45. The van der Waals surface area contributed by atoms with Crippen LogP contribution in [0.2, 0.25) is 0 Å². The van der Waals surface area contributed by atoms with Gasteiger partial charge in [-0.2, -0.15) is 5.10 Å². The molecule has 1 aromatic heterocycles. The molecular formula is C27H32N4O2. The number of nitrogens with one attached hydrogen (secondary N) is 1. The highest BCUT2D eigenvalue weighted by atomic mass is 16.2. The van der Waals surface area contributed by atoms with Gasteiger partial charge in [0.05, 0.1) is 11.3 Å². The van der Waals surface area contributed by atoms with E-state index in [1.807, 2.05) is 78.7 Å².